The Kier molecular flexibility index (Phi) is 8.01. The van der Waals surface area contributed by atoms with Crippen molar-refractivity contribution in [3.63, 3.8) is 0 Å². The second-order valence-electron chi connectivity index (χ2n) is 0.619. The predicted octanol–water partition coefficient (Wildman–Crippen LogP) is 0.293. The van der Waals surface area contributed by atoms with E-state index in [1.54, 1.807) is 0 Å². The molecule has 0 aliphatic carbocycles. The van der Waals surface area contributed by atoms with Gasteiger partial charge < -0.3 is 15.5 Å². The standard InChI is InChI=1S/C2H5NO2.Re/c1-2(4)3-5;/h1H3,(H2,3,4,5);/p-1. The first kappa shape index (κ1) is 9.43. The van der Waals surface area contributed by atoms with Gasteiger partial charge in [-0.25, -0.2) is 0 Å². The molecule has 0 rings (SSSR count). The quantitative estimate of drug-likeness (QED) is 0.503. The first-order chi connectivity index (χ1) is 2.27. The van der Waals surface area contributed by atoms with Crippen molar-refractivity contribution in [1.82, 2.24) is 0 Å². The van der Waals surface area contributed by atoms with Gasteiger partial charge in [0.05, 0.1) is 5.91 Å². The maximum Gasteiger partial charge on any atom is 0.0679 e. The van der Waals surface area contributed by atoms with Gasteiger partial charge in [0.15, 0.2) is 0 Å². The number of hydrogen-bond donors (Lipinski definition) is 1. The Labute approximate surface area is 49.3 Å². The summed E-state index contributed by atoms with van der Waals surface area (Å²) in [7, 11) is 0. The van der Waals surface area contributed by atoms with E-state index in [9.17, 15) is 4.79 Å². The van der Waals surface area contributed by atoms with Crippen molar-refractivity contribution >= 4 is 5.91 Å². The minimum Gasteiger partial charge on any atom is -0.534 e. The summed E-state index contributed by atoms with van der Waals surface area (Å²) in [6, 6.07) is 0. The van der Waals surface area contributed by atoms with Crippen LogP contribution < -0.4 is 0 Å². The normalized spacial score (nSPS) is 5.67. The van der Waals surface area contributed by atoms with Crippen LogP contribution in [0, 0.1) is 0 Å². The van der Waals surface area contributed by atoms with E-state index in [4.69, 9.17) is 5.21 Å². The Morgan fingerprint density at radius 3 is 2.00 bits per heavy atom. The van der Waals surface area contributed by atoms with Gasteiger partial charge in [0.2, 0.25) is 0 Å². The van der Waals surface area contributed by atoms with Crippen molar-refractivity contribution in [2.24, 2.45) is 0 Å². The average Bonchev–Trinajstić information content (AvgIpc) is 1.38. The summed E-state index contributed by atoms with van der Waals surface area (Å²) in [6.45, 7) is 1.17. The van der Waals surface area contributed by atoms with Gasteiger partial charge in [-0.2, -0.15) is 0 Å². The molecule has 1 amide bonds. The van der Waals surface area contributed by atoms with Crippen LogP contribution in [0.25, 0.3) is 5.48 Å². The van der Waals surface area contributed by atoms with Crippen LogP contribution in [0.5, 0.6) is 0 Å². The van der Waals surface area contributed by atoms with E-state index in [1.807, 2.05) is 0 Å². The molecule has 0 unspecified atom stereocenters. The summed E-state index contributed by atoms with van der Waals surface area (Å²) >= 11 is 0. The summed E-state index contributed by atoms with van der Waals surface area (Å²) in [4.78, 5) is 9.40. The summed E-state index contributed by atoms with van der Waals surface area (Å²) in [5.74, 6) is -0.565. The molecule has 37 valence electrons. The SMILES string of the molecule is CC(=O)[N-]O.[Re]. The molecule has 1 N–H and O–H groups in total. The molecule has 0 atom stereocenters. The van der Waals surface area contributed by atoms with Gasteiger partial charge in [0.25, 0.3) is 0 Å². The number of amides is 1. The number of hydrogen-bond acceptors (Lipinski definition) is 2. The molecule has 4 heteroatoms. The van der Waals surface area contributed by atoms with E-state index < -0.39 is 5.91 Å². The summed E-state index contributed by atoms with van der Waals surface area (Å²) < 4.78 is 0. The van der Waals surface area contributed by atoms with Crippen LogP contribution in [-0.4, -0.2) is 11.1 Å². The molecule has 0 aliphatic heterocycles. The predicted molar refractivity (Wildman–Crippen MR) is 15.8 cm³/mol. The molecule has 6 heavy (non-hydrogen) atoms. The molecule has 0 fully saturated rings. The Morgan fingerprint density at radius 1 is 1.83 bits per heavy atom. The van der Waals surface area contributed by atoms with Crippen LogP contribution in [0.1, 0.15) is 6.92 Å². The molecule has 0 heterocycles. The van der Waals surface area contributed by atoms with Crippen LogP contribution in [0.15, 0.2) is 0 Å². The number of nitrogens with zero attached hydrogens (tertiary/aromatic N) is 1. The van der Waals surface area contributed by atoms with Gasteiger partial charge in [-0.05, 0) is 6.92 Å². The van der Waals surface area contributed by atoms with Crippen molar-refractivity contribution in [3.05, 3.63) is 5.48 Å². The van der Waals surface area contributed by atoms with Crippen LogP contribution in [-0.2, 0) is 25.2 Å². The van der Waals surface area contributed by atoms with Gasteiger partial charge >= 0.3 is 0 Å². The van der Waals surface area contributed by atoms with Crippen LogP contribution in [0.3, 0.4) is 0 Å². The average molecular weight is 260 g/mol. The number of hydroxylamine groups is 1. The van der Waals surface area contributed by atoms with E-state index in [0.29, 0.717) is 0 Å². The zero-order valence-corrected chi connectivity index (χ0v) is 5.90. The van der Waals surface area contributed by atoms with E-state index in [2.05, 4.69) is 5.48 Å². The van der Waals surface area contributed by atoms with Crippen LogP contribution in [0.4, 0.5) is 0 Å². The van der Waals surface area contributed by atoms with Gasteiger partial charge in [0.1, 0.15) is 0 Å². The van der Waals surface area contributed by atoms with E-state index in [1.165, 1.54) is 6.92 Å². The molecule has 0 spiro atoms. The molecule has 0 aromatic heterocycles. The Hall–Kier alpha value is 0.0923. The topological polar surface area (TPSA) is 51.4 Å². The summed E-state index contributed by atoms with van der Waals surface area (Å²) in [5.41, 5.74) is 2.25. The van der Waals surface area contributed by atoms with Crippen molar-refractivity contribution in [1.29, 1.82) is 0 Å². The van der Waals surface area contributed by atoms with E-state index >= 15 is 0 Å². The molecule has 0 saturated carbocycles. The third kappa shape index (κ3) is 8.94. The zero-order valence-electron chi connectivity index (χ0n) is 3.18. The first-order valence-electron chi connectivity index (χ1n) is 1.13. The molecule has 0 aromatic carbocycles. The fourth-order valence-electron chi connectivity index (χ4n) is 0. The van der Waals surface area contributed by atoms with Gasteiger partial charge in [-0.3, -0.25) is 0 Å². The van der Waals surface area contributed by atoms with Gasteiger partial charge in [-0.15, -0.1) is 0 Å². The zero-order chi connectivity index (χ0) is 4.28. The minimum absolute atomic E-state index is 0. The molecule has 0 bridgehead atoms. The summed E-state index contributed by atoms with van der Waals surface area (Å²) in [6.07, 6.45) is 0. The molecular formula is C2H4NO2Re-. The third-order valence-electron chi connectivity index (χ3n) is 0.141. The fraction of sp³-hybridized carbons (Fsp3) is 0.500. The number of carbonyl (C=O) groups is 1. The fourth-order valence-corrected chi connectivity index (χ4v) is 0. The molecule has 0 aliphatic rings. The second kappa shape index (κ2) is 5.09. The van der Waals surface area contributed by atoms with Crippen molar-refractivity contribution in [2.45, 2.75) is 6.92 Å². The van der Waals surface area contributed by atoms with E-state index in [-0.39, 0.29) is 20.4 Å². The largest absolute Gasteiger partial charge is 0.534 e. The third-order valence-corrected chi connectivity index (χ3v) is 0.141. The van der Waals surface area contributed by atoms with Crippen LogP contribution in [0.2, 0.25) is 0 Å². The smallest absolute Gasteiger partial charge is 0.0679 e. The van der Waals surface area contributed by atoms with Crippen molar-refractivity contribution in [3.8, 4) is 0 Å². The van der Waals surface area contributed by atoms with Crippen molar-refractivity contribution < 1.29 is 30.4 Å². The maximum atomic E-state index is 9.40. The number of carbonyl (C=O) groups excluding carboxylic acids is 1. The molecule has 0 aromatic rings. The maximum absolute atomic E-state index is 9.40. The second-order valence-corrected chi connectivity index (χ2v) is 0.619. The number of rotatable bonds is 0. The van der Waals surface area contributed by atoms with Crippen molar-refractivity contribution in [2.75, 3.05) is 0 Å². The monoisotopic (exact) mass is 261 g/mol. The summed E-state index contributed by atoms with van der Waals surface area (Å²) in [5, 5.41) is 7.42. The molecular weight excluding hydrogens is 256 g/mol. The van der Waals surface area contributed by atoms with Gasteiger partial charge in [0, 0.05) is 20.4 Å². The first-order valence-corrected chi connectivity index (χ1v) is 1.13. The molecule has 3 nitrogen and oxygen atoms in total. The Bertz CT molecular complexity index is 46.8. The van der Waals surface area contributed by atoms with E-state index in [0.717, 1.165) is 0 Å². The Morgan fingerprint density at radius 2 is 2.00 bits per heavy atom. The van der Waals surface area contributed by atoms with Crippen LogP contribution >= 0.6 is 0 Å². The molecule has 0 saturated heterocycles. The molecule has 1 radical (unpaired) electrons. The minimum atomic E-state index is -0.565. The van der Waals surface area contributed by atoms with Gasteiger partial charge in [-0.1, -0.05) is 0 Å². The Balaban J connectivity index is 0.